The Labute approximate surface area is 74.6 Å². The van der Waals surface area contributed by atoms with Crippen LogP contribution in [0.3, 0.4) is 0 Å². The van der Waals surface area contributed by atoms with Gasteiger partial charge in [0.15, 0.2) is 5.60 Å². The van der Waals surface area contributed by atoms with Crippen molar-refractivity contribution in [3.8, 4) is 0 Å². The lowest BCUT2D eigenvalue weighted by Crippen LogP contribution is -2.58. The predicted octanol–water partition coefficient (Wildman–Crippen LogP) is 2.49. The third kappa shape index (κ3) is 1.48. The van der Waals surface area contributed by atoms with Gasteiger partial charge in [0.1, 0.15) is 0 Å². The molecule has 2 heteroatoms. The maximum Gasteiger partial charge on any atom is 0.157 e. The van der Waals surface area contributed by atoms with Crippen LogP contribution < -0.4 is 0 Å². The molecule has 1 saturated heterocycles. The summed E-state index contributed by atoms with van der Waals surface area (Å²) in [5.74, 6) is 0. The monoisotopic (exact) mass is 170 g/mol. The molecule has 0 bridgehead atoms. The topological polar surface area (TPSA) is 18.5 Å². The molecule has 0 radical (unpaired) electrons. The largest absolute Gasteiger partial charge is 0.490 e. The minimum atomic E-state index is -0.0265. The molecule has 1 rings (SSSR count). The number of hydrogen-bond donors (Lipinski definition) is 0. The van der Waals surface area contributed by atoms with Gasteiger partial charge in [-0.2, -0.15) is 0 Å². The van der Waals surface area contributed by atoms with E-state index in [2.05, 4.69) is 13.8 Å². The fourth-order valence-corrected chi connectivity index (χ4v) is 1.60. The van der Waals surface area contributed by atoms with Crippen LogP contribution >= 0.6 is 0 Å². The van der Waals surface area contributed by atoms with Crippen molar-refractivity contribution < 1.29 is 9.47 Å². The van der Waals surface area contributed by atoms with E-state index in [1.165, 1.54) is 0 Å². The Morgan fingerprint density at radius 1 is 1.58 bits per heavy atom. The lowest BCUT2D eigenvalue weighted by Gasteiger charge is -2.47. The van der Waals surface area contributed by atoms with Crippen LogP contribution in [0.5, 0.6) is 0 Å². The Bertz CT molecular complexity index is 159. The molecule has 1 aliphatic rings. The minimum Gasteiger partial charge on any atom is -0.490 e. The number of allylic oxidation sites excluding steroid dienone is 1. The molecular formula is C10H18O2. The van der Waals surface area contributed by atoms with Gasteiger partial charge in [-0.3, -0.25) is 0 Å². The van der Waals surface area contributed by atoms with Gasteiger partial charge in [0.2, 0.25) is 0 Å². The second kappa shape index (κ2) is 3.94. The van der Waals surface area contributed by atoms with Crippen molar-refractivity contribution in [2.45, 2.75) is 45.3 Å². The van der Waals surface area contributed by atoms with Gasteiger partial charge in [0.25, 0.3) is 0 Å². The van der Waals surface area contributed by atoms with Crippen molar-refractivity contribution >= 4 is 0 Å². The summed E-state index contributed by atoms with van der Waals surface area (Å²) in [6, 6.07) is 0. The summed E-state index contributed by atoms with van der Waals surface area (Å²) in [6.45, 7) is 6.98. The predicted molar refractivity (Wildman–Crippen MR) is 49.0 cm³/mol. The van der Waals surface area contributed by atoms with Crippen LogP contribution in [0.4, 0.5) is 0 Å². The number of rotatable bonds is 4. The molecule has 2 nitrogen and oxygen atoms in total. The fraction of sp³-hybridized carbons (Fsp3) is 0.800. The maximum absolute atomic E-state index is 5.66. The summed E-state index contributed by atoms with van der Waals surface area (Å²) in [5, 5.41) is 0. The van der Waals surface area contributed by atoms with Gasteiger partial charge in [-0.25, -0.2) is 0 Å². The van der Waals surface area contributed by atoms with E-state index >= 15 is 0 Å². The lowest BCUT2D eigenvalue weighted by molar-refractivity contribution is -0.241. The third-order valence-corrected chi connectivity index (χ3v) is 2.52. The number of ether oxygens (including phenoxy) is 2. The van der Waals surface area contributed by atoms with Gasteiger partial charge in [0.05, 0.1) is 19.0 Å². The van der Waals surface area contributed by atoms with Crippen molar-refractivity contribution in [2.75, 3.05) is 6.61 Å². The molecule has 70 valence electrons. The van der Waals surface area contributed by atoms with Crippen molar-refractivity contribution in [1.29, 1.82) is 0 Å². The summed E-state index contributed by atoms with van der Waals surface area (Å²) in [4.78, 5) is 0. The molecule has 0 aliphatic carbocycles. The zero-order valence-corrected chi connectivity index (χ0v) is 8.17. The van der Waals surface area contributed by atoms with E-state index in [-0.39, 0.29) is 5.60 Å². The first-order chi connectivity index (χ1) is 5.79. The molecule has 2 unspecified atom stereocenters. The Morgan fingerprint density at radius 2 is 2.33 bits per heavy atom. The third-order valence-electron chi connectivity index (χ3n) is 2.52. The summed E-state index contributed by atoms with van der Waals surface area (Å²) in [6.07, 6.45) is 6.04. The molecular weight excluding hydrogens is 152 g/mol. The summed E-state index contributed by atoms with van der Waals surface area (Å²) < 4.78 is 11.1. The van der Waals surface area contributed by atoms with Crippen molar-refractivity contribution in [1.82, 2.24) is 0 Å². The first kappa shape index (κ1) is 9.59. The van der Waals surface area contributed by atoms with E-state index < -0.39 is 0 Å². The first-order valence-corrected chi connectivity index (χ1v) is 4.69. The highest BCUT2D eigenvalue weighted by molar-refractivity contribution is 4.97. The van der Waals surface area contributed by atoms with Gasteiger partial charge < -0.3 is 9.47 Å². The van der Waals surface area contributed by atoms with Gasteiger partial charge in [-0.05, 0) is 19.8 Å². The molecule has 2 atom stereocenters. The second-order valence-electron chi connectivity index (χ2n) is 3.21. The summed E-state index contributed by atoms with van der Waals surface area (Å²) >= 11 is 0. The van der Waals surface area contributed by atoms with Gasteiger partial charge in [0, 0.05) is 0 Å². The van der Waals surface area contributed by atoms with Crippen LogP contribution in [0, 0.1) is 0 Å². The van der Waals surface area contributed by atoms with Crippen molar-refractivity contribution in [3.63, 3.8) is 0 Å². The van der Waals surface area contributed by atoms with Gasteiger partial charge >= 0.3 is 0 Å². The van der Waals surface area contributed by atoms with Gasteiger partial charge in [-0.15, -0.1) is 0 Å². The quantitative estimate of drug-likeness (QED) is 0.603. The summed E-state index contributed by atoms with van der Waals surface area (Å²) in [7, 11) is 0. The zero-order chi connectivity index (χ0) is 9.03. The number of hydrogen-bond acceptors (Lipinski definition) is 2. The van der Waals surface area contributed by atoms with Crippen LogP contribution in [0.2, 0.25) is 0 Å². The molecule has 0 aromatic rings. The average molecular weight is 170 g/mol. The second-order valence-corrected chi connectivity index (χ2v) is 3.21. The molecule has 0 saturated carbocycles. The van der Waals surface area contributed by atoms with Crippen LogP contribution in [0.1, 0.15) is 33.6 Å². The molecule has 1 heterocycles. The maximum atomic E-state index is 5.66. The normalized spacial score (nSPS) is 35.1. The SMILES string of the molecule is CC=COC1(CC)COC1CC. The Morgan fingerprint density at radius 3 is 2.67 bits per heavy atom. The molecule has 0 spiro atoms. The fourth-order valence-electron chi connectivity index (χ4n) is 1.60. The average Bonchev–Trinajstić information content (AvgIpc) is 2.06. The van der Waals surface area contributed by atoms with Crippen LogP contribution in [0.25, 0.3) is 0 Å². The van der Waals surface area contributed by atoms with Crippen molar-refractivity contribution in [2.24, 2.45) is 0 Å². The van der Waals surface area contributed by atoms with E-state index in [1.54, 1.807) is 6.26 Å². The molecule has 1 aliphatic heterocycles. The highest BCUT2D eigenvalue weighted by atomic mass is 16.6. The lowest BCUT2D eigenvalue weighted by atomic mass is 9.87. The Hall–Kier alpha value is -0.500. The zero-order valence-electron chi connectivity index (χ0n) is 8.17. The molecule has 0 aromatic heterocycles. The van der Waals surface area contributed by atoms with Crippen molar-refractivity contribution in [3.05, 3.63) is 12.3 Å². The van der Waals surface area contributed by atoms with E-state index in [9.17, 15) is 0 Å². The highest BCUT2D eigenvalue weighted by Gasteiger charge is 2.47. The molecule has 0 N–H and O–H groups in total. The minimum absolute atomic E-state index is 0.0265. The smallest absolute Gasteiger partial charge is 0.157 e. The van der Waals surface area contributed by atoms with Crippen LogP contribution in [-0.4, -0.2) is 18.3 Å². The molecule has 12 heavy (non-hydrogen) atoms. The highest BCUT2D eigenvalue weighted by Crippen LogP contribution is 2.35. The van der Waals surface area contributed by atoms with E-state index in [1.807, 2.05) is 13.0 Å². The van der Waals surface area contributed by atoms with Crippen LogP contribution in [0.15, 0.2) is 12.3 Å². The first-order valence-electron chi connectivity index (χ1n) is 4.69. The molecule has 0 amide bonds. The standard InChI is InChI=1S/C10H18O2/c1-4-7-12-10(6-3)8-11-9(10)5-2/h4,7,9H,5-6,8H2,1-3H3. The van der Waals surface area contributed by atoms with E-state index in [0.29, 0.717) is 6.10 Å². The van der Waals surface area contributed by atoms with E-state index in [0.717, 1.165) is 19.4 Å². The Balaban J connectivity index is 2.51. The summed E-state index contributed by atoms with van der Waals surface area (Å²) in [5.41, 5.74) is -0.0265. The van der Waals surface area contributed by atoms with Gasteiger partial charge in [-0.1, -0.05) is 19.9 Å². The molecule has 0 aromatic carbocycles. The van der Waals surface area contributed by atoms with E-state index in [4.69, 9.17) is 9.47 Å². The van der Waals surface area contributed by atoms with Crippen LogP contribution in [-0.2, 0) is 9.47 Å². The Kier molecular flexibility index (Phi) is 3.15. The molecule has 1 fully saturated rings.